The van der Waals surface area contributed by atoms with Crippen LogP contribution >= 0.6 is 0 Å². The van der Waals surface area contributed by atoms with Gasteiger partial charge in [-0.2, -0.15) is 5.26 Å². The highest BCUT2D eigenvalue weighted by Gasteiger charge is 2.11. The standard InChI is InChI=1S/C19H15N3O2/c20-13-15(19(23)21-14-18-9-5-11-24-18)12-17-8-4-10-22(17)16-6-2-1-3-7-16/h1-12H,14H2,(H,21,23)/b15-12+. The lowest BCUT2D eigenvalue weighted by molar-refractivity contribution is -0.117. The van der Waals surface area contributed by atoms with Crippen molar-refractivity contribution < 1.29 is 9.21 Å². The van der Waals surface area contributed by atoms with Crippen LogP contribution in [-0.4, -0.2) is 10.5 Å². The Kier molecular flexibility index (Phi) is 4.59. The molecule has 1 N–H and O–H groups in total. The molecule has 0 unspecified atom stereocenters. The van der Waals surface area contributed by atoms with Gasteiger partial charge in [0.25, 0.3) is 5.91 Å². The summed E-state index contributed by atoms with van der Waals surface area (Å²) in [5.74, 6) is 0.197. The average Bonchev–Trinajstić information content (AvgIpc) is 3.30. The minimum absolute atomic E-state index is 0.0393. The number of rotatable bonds is 5. The van der Waals surface area contributed by atoms with Gasteiger partial charge in [0.1, 0.15) is 17.4 Å². The van der Waals surface area contributed by atoms with Gasteiger partial charge in [0, 0.05) is 17.6 Å². The van der Waals surface area contributed by atoms with Crippen molar-refractivity contribution >= 4 is 12.0 Å². The fourth-order valence-corrected chi connectivity index (χ4v) is 2.31. The Morgan fingerprint density at radius 2 is 2.00 bits per heavy atom. The molecule has 0 aliphatic carbocycles. The predicted molar refractivity (Wildman–Crippen MR) is 89.9 cm³/mol. The van der Waals surface area contributed by atoms with Crippen molar-refractivity contribution in [3.63, 3.8) is 0 Å². The minimum atomic E-state index is -0.435. The topological polar surface area (TPSA) is 71.0 Å². The summed E-state index contributed by atoms with van der Waals surface area (Å²) < 4.78 is 7.07. The molecule has 1 aromatic carbocycles. The molecule has 24 heavy (non-hydrogen) atoms. The number of benzene rings is 1. The summed E-state index contributed by atoms with van der Waals surface area (Å²) in [6, 6.07) is 18.9. The molecule has 3 rings (SSSR count). The summed E-state index contributed by atoms with van der Waals surface area (Å²) in [6.45, 7) is 0.241. The molecule has 1 amide bonds. The number of nitriles is 1. The molecule has 118 valence electrons. The number of hydrogen-bond donors (Lipinski definition) is 1. The first-order chi connectivity index (χ1) is 11.8. The number of amides is 1. The average molecular weight is 317 g/mol. The Balaban J connectivity index is 1.80. The lowest BCUT2D eigenvalue weighted by Crippen LogP contribution is -2.23. The van der Waals surface area contributed by atoms with Crippen molar-refractivity contribution in [1.82, 2.24) is 9.88 Å². The first kappa shape index (κ1) is 15.4. The molecule has 0 aliphatic rings. The molecular weight excluding hydrogens is 302 g/mol. The van der Waals surface area contributed by atoms with Gasteiger partial charge in [0.05, 0.1) is 12.8 Å². The van der Waals surface area contributed by atoms with E-state index < -0.39 is 5.91 Å². The predicted octanol–water partition coefficient (Wildman–Crippen LogP) is 3.29. The second-order valence-electron chi connectivity index (χ2n) is 5.07. The molecule has 0 aliphatic heterocycles. The molecule has 0 saturated carbocycles. The van der Waals surface area contributed by atoms with E-state index in [2.05, 4.69) is 5.32 Å². The van der Waals surface area contributed by atoms with Crippen LogP contribution in [0.4, 0.5) is 0 Å². The molecule has 5 nitrogen and oxygen atoms in total. The lowest BCUT2D eigenvalue weighted by atomic mass is 10.2. The highest BCUT2D eigenvalue weighted by molar-refractivity contribution is 6.01. The normalized spacial score (nSPS) is 11.0. The van der Waals surface area contributed by atoms with E-state index >= 15 is 0 Å². The van der Waals surface area contributed by atoms with Gasteiger partial charge in [-0.3, -0.25) is 4.79 Å². The van der Waals surface area contributed by atoms with Crippen LogP contribution in [0.5, 0.6) is 0 Å². The second-order valence-corrected chi connectivity index (χ2v) is 5.07. The van der Waals surface area contributed by atoms with Crippen LogP contribution in [0.25, 0.3) is 11.8 Å². The van der Waals surface area contributed by atoms with Crippen LogP contribution in [0, 0.1) is 11.3 Å². The Bertz CT molecular complexity index is 884. The molecule has 0 atom stereocenters. The zero-order valence-electron chi connectivity index (χ0n) is 12.8. The van der Waals surface area contributed by atoms with Crippen LogP contribution in [-0.2, 0) is 11.3 Å². The van der Waals surface area contributed by atoms with Crippen LogP contribution in [0.15, 0.2) is 77.0 Å². The summed E-state index contributed by atoms with van der Waals surface area (Å²) in [5, 5.41) is 12.0. The molecule has 0 radical (unpaired) electrons. The van der Waals surface area contributed by atoms with Crippen LogP contribution in [0.2, 0.25) is 0 Å². The summed E-state index contributed by atoms with van der Waals surface area (Å²) in [5.41, 5.74) is 1.75. The molecule has 5 heteroatoms. The van der Waals surface area contributed by atoms with Gasteiger partial charge in [-0.05, 0) is 42.5 Å². The fourth-order valence-electron chi connectivity index (χ4n) is 2.31. The quantitative estimate of drug-likeness (QED) is 0.580. The van der Waals surface area contributed by atoms with Gasteiger partial charge in [-0.1, -0.05) is 18.2 Å². The Morgan fingerprint density at radius 3 is 2.71 bits per heavy atom. The largest absolute Gasteiger partial charge is 0.467 e. The molecule has 0 saturated heterocycles. The first-order valence-electron chi connectivity index (χ1n) is 7.43. The highest BCUT2D eigenvalue weighted by atomic mass is 16.3. The number of nitrogens with one attached hydrogen (secondary N) is 1. The summed E-state index contributed by atoms with van der Waals surface area (Å²) in [6.07, 6.45) is 5.00. The SMILES string of the molecule is N#C/C(=C\c1cccn1-c1ccccc1)C(=O)NCc1ccco1. The number of para-hydroxylation sites is 1. The van der Waals surface area contributed by atoms with Gasteiger partial charge >= 0.3 is 0 Å². The number of nitrogens with zero attached hydrogens (tertiary/aromatic N) is 2. The van der Waals surface area contributed by atoms with Gasteiger partial charge in [-0.15, -0.1) is 0 Å². The summed E-state index contributed by atoms with van der Waals surface area (Å²) in [7, 11) is 0. The molecule has 2 heterocycles. The van der Waals surface area contributed by atoms with Crippen molar-refractivity contribution in [2.45, 2.75) is 6.54 Å². The zero-order valence-corrected chi connectivity index (χ0v) is 12.8. The zero-order chi connectivity index (χ0) is 16.8. The van der Waals surface area contributed by atoms with E-state index in [4.69, 9.17) is 4.42 Å². The van der Waals surface area contributed by atoms with Gasteiger partial charge < -0.3 is 14.3 Å². The third-order valence-corrected chi connectivity index (χ3v) is 3.48. The third kappa shape index (κ3) is 3.45. The lowest BCUT2D eigenvalue weighted by Gasteiger charge is -2.07. The number of carbonyl (C=O) groups excluding carboxylic acids is 1. The Labute approximate surface area is 139 Å². The summed E-state index contributed by atoms with van der Waals surface area (Å²) >= 11 is 0. The van der Waals surface area contributed by atoms with Crippen LogP contribution < -0.4 is 5.32 Å². The smallest absolute Gasteiger partial charge is 0.262 e. The molecule has 0 fully saturated rings. The molecule has 0 bridgehead atoms. The Hall–Kier alpha value is -3.52. The van der Waals surface area contributed by atoms with E-state index in [9.17, 15) is 10.1 Å². The fraction of sp³-hybridized carbons (Fsp3) is 0.0526. The third-order valence-electron chi connectivity index (χ3n) is 3.48. The minimum Gasteiger partial charge on any atom is -0.467 e. The molecule has 0 spiro atoms. The van der Waals surface area contributed by atoms with Crippen LogP contribution in [0.3, 0.4) is 0 Å². The van der Waals surface area contributed by atoms with Gasteiger partial charge in [0.2, 0.25) is 0 Å². The van der Waals surface area contributed by atoms with Crippen LogP contribution in [0.1, 0.15) is 11.5 Å². The molecule has 2 aromatic heterocycles. The maximum absolute atomic E-state index is 12.2. The maximum Gasteiger partial charge on any atom is 0.262 e. The number of carbonyl (C=O) groups is 1. The van der Waals surface area contributed by atoms with E-state index in [0.717, 1.165) is 11.4 Å². The van der Waals surface area contributed by atoms with E-state index in [0.29, 0.717) is 5.76 Å². The molecule has 3 aromatic rings. The van der Waals surface area contributed by atoms with Crippen molar-refractivity contribution in [2.24, 2.45) is 0 Å². The number of aromatic nitrogens is 1. The maximum atomic E-state index is 12.2. The second kappa shape index (κ2) is 7.16. The number of hydrogen-bond acceptors (Lipinski definition) is 3. The van der Waals surface area contributed by atoms with Gasteiger partial charge in [0.15, 0.2) is 0 Å². The highest BCUT2D eigenvalue weighted by Crippen LogP contribution is 2.15. The van der Waals surface area contributed by atoms with Gasteiger partial charge in [-0.25, -0.2) is 0 Å². The van der Waals surface area contributed by atoms with Crippen molar-refractivity contribution in [3.05, 3.63) is 84.1 Å². The van der Waals surface area contributed by atoms with Crippen molar-refractivity contribution in [1.29, 1.82) is 5.26 Å². The monoisotopic (exact) mass is 317 g/mol. The van der Waals surface area contributed by atoms with Crippen molar-refractivity contribution in [3.8, 4) is 11.8 Å². The molecular formula is C19H15N3O2. The van der Waals surface area contributed by atoms with E-state index in [1.165, 1.54) is 6.26 Å². The van der Waals surface area contributed by atoms with E-state index in [1.54, 1.807) is 18.2 Å². The summed E-state index contributed by atoms with van der Waals surface area (Å²) in [4.78, 5) is 12.2. The van der Waals surface area contributed by atoms with E-state index in [1.807, 2.05) is 59.3 Å². The van der Waals surface area contributed by atoms with E-state index in [-0.39, 0.29) is 12.1 Å². The first-order valence-corrected chi connectivity index (χ1v) is 7.43. The Morgan fingerprint density at radius 1 is 1.17 bits per heavy atom. The number of furan rings is 1. The van der Waals surface area contributed by atoms with Crippen molar-refractivity contribution in [2.75, 3.05) is 0 Å².